The van der Waals surface area contributed by atoms with E-state index in [1.54, 1.807) is 0 Å². The first-order valence-corrected chi connectivity index (χ1v) is 7.69. The van der Waals surface area contributed by atoms with Crippen molar-refractivity contribution in [2.24, 2.45) is 11.6 Å². The number of carbonyl (C=O) groups is 2. The zero-order valence-electron chi connectivity index (χ0n) is 13.7. The van der Waals surface area contributed by atoms with Gasteiger partial charge in [0.05, 0.1) is 0 Å². The molecule has 0 heterocycles. The van der Waals surface area contributed by atoms with Crippen LogP contribution in [0.25, 0.3) is 0 Å². The van der Waals surface area contributed by atoms with Gasteiger partial charge in [-0.1, -0.05) is 60.7 Å². The molecule has 0 unspecified atom stereocenters. The van der Waals surface area contributed by atoms with Gasteiger partial charge in [0.15, 0.2) is 0 Å². The number of rotatable bonds is 7. The van der Waals surface area contributed by atoms with E-state index < -0.39 is 24.0 Å². The molecule has 7 N–H and O–H groups in total. The second-order valence-electron chi connectivity index (χ2n) is 5.38. The molecule has 0 spiro atoms. The number of aliphatic carboxylic acids is 2. The Morgan fingerprint density at radius 3 is 1.64 bits per heavy atom. The molecule has 2 aromatic rings. The van der Waals surface area contributed by atoms with Crippen LogP contribution in [0.15, 0.2) is 60.7 Å². The van der Waals surface area contributed by atoms with Gasteiger partial charge in [-0.2, -0.15) is 0 Å². The lowest BCUT2D eigenvalue weighted by Gasteiger charge is -2.09. The monoisotopic (exact) mass is 345 g/mol. The Balaban J connectivity index is 0.000000251. The van der Waals surface area contributed by atoms with Gasteiger partial charge >= 0.3 is 11.9 Å². The van der Waals surface area contributed by atoms with Gasteiger partial charge in [0.25, 0.3) is 0 Å². The highest BCUT2D eigenvalue weighted by atomic mass is 16.4. The Morgan fingerprint density at radius 1 is 0.840 bits per heavy atom. The van der Waals surface area contributed by atoms with Crippen molar-refractivity contribution in [3.05, 3.63) is 71.8 Å². The van der Waals surface area contributed by atoms with E-state index in [1.807, 2.05) is 60.7 Å². The normalized spacial score (nSPS) is 12.4. The minimum atomic E-state index is -0.959. The predicted octanol–water partition coefficient (Wildman–Crippen LogP) is 0.787. The van der Waals surface area contributed by atoms with Crippen molar-refractivity contribution in [2.45, 2.75) is 24.9 Å². The maximum absolute atomic E-state index is 10.6. The summed E-state index contributed by atoms with van der Waals surface area (Å²) < 4.78 is 0. The Kier molecular flexibility index (Phi) is 8.87. The van der Waals surface area contributed by atoms with E-state index in [9.17, 15) is 9.59 Å². The SMILES string of the molecule is NN[C@@H](Cc1ccccc1)C(=O)O.N[C@@H](Cc1ccccc1)C(=O)O. The van der Waals surface area contributed by atoms with Crippen LogP contribution >= 0.6 is 0 Å². The van der Waals surface area contributed by atoms with Crippen molar-refractivity contribution < 1.29 is 19.8 Å². The van der Waals surface area contributed by atoms with Crippen molar-refractivity contribution in [1.29, 1.82) is 0 Å². The first kappa shape index (κ1) is 20.3. The van der Waals surface area contributed by atoms with Crippen LogP contribution < -0.4 is 17.0 Å². The minimum Gasteiger partial charge on any atom is -0.480 e. The van der Waals surface area contributed by atoms with Gasteiger partial charge in [0, 0.05) is 0 Å². The van der Waals surface area contributed by atoms with Gasteiger partial charge in [-0.15, -0.1) is 0 Å². The topological polar surface area (TPSA) is 139 Å². The molecule has 2 aromatic carbocycles. The molecule has 0 amide bonds. The summed E-state index contributed by atoms with van der Waals surface area (Å²) in [4.78, 5) is 21.0. The number of nitrogens with two attached hydrogens (primary N) is 2. The van der Waals surface area contributed by atoms with E-state index in [1.165, 1.54) is 0 Å². The Morgan fingerprint density at radius 2 is 1.28 bits per heavy atom. The van der Waals surface area contributed by atoms with Gasteiger partial charge < -0.3 is 15.9 Å². The van der Waals surface area contributed by atoms with E-state index in [4.69, 9.17) is 21.8 Å². The fourth-order valence-electron chi connectivity index (χ4n) is 2.02. The third kappa shape index (κ3) is 8.07. The smallest absolute Gasteiger partial charge is 0.322 e. The average Bonchev–Trinajstić information content (AvgIpc) is 2.61. The molecule has 0 saturated heterocycles. The molecule has 134 valence electrons. The summed E-state index contributed by atoms with van der Waals surface area (Å²) in [7, 11) is 0. The van der Waals surface area contributed by atoms with Crippen molar-refractivity contribution in [2.75, 3.05) is 0 Å². The highest BCUT2D eigenvalue weighted by molar-refractivity contribution is 5.74. The molecular formula is C18H23N3O4. The van der Waals surface area contributed by atoms with Gasteiger partial charge in [0.2, 0.25) is 0 Å². The number of hydrazine groups is 1. The molecular weight excluding hydrogens is 322 g/mol. The zero-order chi connectivity index (χ0) is 18.7. The molecule has 0 aliphatic carbocycles. The summed E-state index contributed by atoms with van der Waals surface area (Å²) in [6, 6.07) is 17.2. The number of carboxylic acids is 2. The molecule has 0 aromatic heterocycles. The number of benzene rings is 2. The summed E-state index contributed by atoms with van der Waals surface area (Å²) in [5.74, 6) is 3.19. The maximum atomic E-state index is 10.6. The maximum Gasteiger partial charge on any atom is 0.322 e. The molecule has 0 saturated carbocycles. The van der Waals surface area contributed by atoms with Crippen LogP contribution in [0.2, 0.25) is 0 Å². The van der Waals surface area contributed by atoms with Crippen LogP contribution in [0.4, 0.5) is 0 Å². The van der Waals surface area contributed by atoms with E-state index in [0.717, 1.165) is 11.1 Å². The summed E-state index contributed by atoms with van der Waals surface area (Å²) in [6.45, 7) is 0. The van der Waals surface area contributed by atoms with Crippen LogP contribution in [0.3, 0.4) is 0 Å². The number of hydrogen-bond acceptors (Lipinski definition) is 5. The van der Waals surface area contributed by atoms with Crippen molar-refractivity contribution in [1.82, 2.24) is 5.43 Å². The second-order valence-corrected chi connectivity index (χ2v) is 5.38. The van der Waals surface area contributed by atoms with Crippen molar-refractivity contribution >= 4 is 11.9 Å². The molecule has 7 nitrogen and oxygen atoms in total. The van der Waals surface area contributed by atoms with E-state index in [-0.39, 0.29) is 0 Å². The van der Waals surface area contributed by atoms with Crippen molar-refractivity contribution in [3.8, 4) is 0 Å². The summed E-state index contributed by atoms with van der Waals surface area (Å²) in [5, 5.41) is 17.2. The fourth-order valence-corrected chi connectivity index (χ4v) is 2.02. The Hall–Kier alpha value is -2.74. The van der Waals surface area contributed by atoms with E-state index >= 15 is 0 Å². The molecule has 2 atom stereocenters. The first-order valence-electron chi connectivity index (χ1n) is 7.69. The molecule has 0 aliphatic rings. The lowest BCUT2D eigenvalue weighted by molar-refractivity contribution is -0.140. The van der Waals surface area contributed by atoms with Crippen LogP contribution in [0, 0.1) is 0 Å². The fraction of sp³-hybridized carbons (Fsp3) is 0.222. The second kappa shape index (κ2) is 10.9. The van der Waals surface area contributed by atoms with Crippen LogP contribution in [0.5, 0.6) is 0 Å². The molecule has 0 radical (unpaired) electrons. The van der Waals surface area contributed by atoms with Crippen LogP contribution in [0.1, 0.15) is 11.1 Å². The summed E-state index contributed by atoms with van der Waals surface area (Å²) in [5.41, 5.74) is 9.50. The summed E-state index contributed by atoms with van der Waals surface area (Å²) >= 11 is 0. The highest BCUT2D eigenvalue weighted by Crippen LogP contribution is 2.02. The van der Waals surface area contributed by atoms with Gasteiger partial charge in [-0.05, 0) is 24.0 Å². The average molecular weight is 345 g/mol. The number of hydrogen-bond donors (Lipinski definition) is 5. The lowest BCUT2D eigenvalue weighted by Crippen LogP contribution is -2.42. The molecule has 0 fully saturated rings. The van der Waals surface area contributed by atoms with Gasteiger partial charge in [0.1, 0.15) is 12.1 Å². The third-order valence-electron chi connectivity index (χ3n) is 3.40. The Labute approximate surface area is 146 Å². The van der Waals surface area contributed by atoms with Gasteiger partial charge in [-0.3, -0.25) is 15.4 Å². The van der Waals surface area contributed by atoms with E-state index in [2.05, 4.69) is 5.43 Å². The van der Waals surface area contributed by atoms with E-state index in [0.29, 0.717) is 12.8 Å². The highest BCUT2D eigenvalue weighted by Gasteiger charge is 2.15. The number of nitrogens with one attached hydrogen (secondary N) is 1. The van der Waals surface area contributed by atoms with Crippen LogP contribution in [-0.2, 0) is 22.4 Å². The van der Waals surface area contributed by atoms with Crippen LogP contribution in [-0.4, -0.2) is 34.2 Å². The number of carboxylic acid groups (broad SMARTS) is 2. The summed E-state index contributed by atoms with van der Waals surface area (Å²) in [6.07, 6.45) is 0.781. The first-order chi connectivity index (χ1) is 11.9. The zero-order valence-corrected chi connectivity index (χ0v) is 13.7. The lowest BCUT2D eigenvalue weighted by atomic mass is 10.1. The molecule has 0 bridgehead atoms. The predicted molar refractivity (Wildman–Crippen MR) is 94.7 cm³/mol. The molecule has 0 aliphatic heterocycles. The van der Waals surface area contributed by atoms with Crippen molar-refractivity contribution in [3.63, 3.8) is 0 Å². The molecule has 7 heteroatoms. The molecule has 2 rings (SSSR count). The quantitative estimate of drug-likeness (QED) is 0.369. The molecule has 25 heavy (non-hydrogen) atoms. The van der Waals surface area contributed by atoms with Gasteiger partial charge in [-0.25, -0.2) is 5.43 Å². The third-order valence-corrected chi connectivity index (χ3v) is 3.40. The largest absolute Gasteiger partial charge is 0.480 e. The Bertz CT molecular complexity index is 650. The minimum absolute atomic E-state index is 0.385. The standard InChI is InChI=1S/C9H12N2O2.C9H11NO2/c10-11-8(9(12)13)6-7-4-2-1-3-5-7;10-8(9(11)12)6-7-4-2-1-3-5-7/h1-5,8,11H,6,10H2,(H,12,13);1-5,8H,6,10H2,(H,11,12)/t2*8-/m00/s1.